The number of benzene rings is 1. The van der Waals surface area contributed by atoms with E-state index in [1.54, 1.807) is 24.3 Å². The van der Waals surface area contributed by atoms with E-state index in [2.05, 4.69) is 73.4 Å². The van der Waals surface area contributed by atoms with Crippen LogP contribution in [0.5, 0.6) is 0 Å². The van der Waals surface area contributed by atoms with Gasteiger partial charge in [0.25, 0.3) is 0 Å². The van der Waals surface area contributed by atoms with Crippen LogP contribution in [-0.2, 0) is 18.6 Å². The molecule has 8 heteroatoms. The molecule has 2 aliphatic rings. The molecule has 2 unspecified atom stereocenters. The third-order valence-electron chi connectivity index (χ3n) is 9.24. The lowest BCUT2D eigenvalue weighted by Gasteiger charge is -2.32. The number of aromatic carboxylic acids is 1. The Morgan fingerprint density at radius 2 is 1.30 bits per heavy atom. The predicted molar refractivity (Wildman–Crippen MR) is 203 cm³/mol. The van der Waals surface area contributed by atoms with Crippen LogP contribution in [0.25, 0.3) is 0 Å². The van der Waals surface area contributed by atoms with Gasteiger partial charge in [0.15, 0.2) is 0 Å². The number of hydrogen-bond donors (Lipinski definition) is 1. The van der Waals surface area contributed by atoms with Gasteiger partial charge in [-0.2, -0.15) is 0 Å². The average Bonchev–Trinajstić information content (AvgIpc) is 3.34. The fraction of sp³-hybridized carbons (Fsp3) is 0.718. The maximum absolute atomic E-state index is 10.3. The average molecular weight is 657 g/mol. The van der Waals surface area contributed by atoms with Gasteiger partial charge in [-0.15, -0.1) is 12.3 Å². The van der Waals surface area contributed by atoms with Crippen LogP contribution in [-0.4, -0.2) is 48.3 Å². The van der Waals surface area contributed by atoms with E-state index in [9.17, 15) is 4.79 Å². The molecule has 2 heterocycles. The first-order valence-electron chi connectivity index (χ1n) is 17.3. The summed E-state index contributed by atoms with van der Waals surface area (Å²) in [6.45, 7) is 27.3. The van der Waals surface area contributed by atoms with Gasteiger partial charge in [0.2, 0.25) is 0 Å². The number of allylic oxidation sites excluding steroid dienone is 1. The largest absolute Gasteiger partial charge is 0.486 e. The highest BCUT2D eigenvalue weighted by Crippen LogP contribution is 2.37. The normalized spacial score (nSPS) is 19.2. The van der Waals surface area contributed by atoms with Crippen LogP contribution in [0.1, 0.15) is 158 Å². The molecule has 0 spiro atoms. The summed E-state index contributed by atoms with van der Waals surface area (Å²) >= 11 is 0. The monoisotopic (exact) mass is 657 g/mol. The zero-order valence-corrected chi connectivity index (χ0v) is 31.6. The van der Waals surface area contributed by atoms with E-state index in [0.29, 0.717) is 25.1 Å². The molecule has 0 saturated carbocycles. The number of carbonyl (C=O) groups is 1. The number of aryl methyl sites for hydroxylation is 1. The van der Waals surface area contributed by atoms with Crippen molar-refractivity contribution in [3.63, 3.8) is 0 Å². The minimum absolute atomic E-state index is 0. The summed E-state index contributed by atoms with van der Waals surface area (Å²) in [5.74, 6) is 5.02. The number of rotatable bonds is 11. The van der Waals surface area contributed by atoms with Gasteiger partial charge in [-0.05, 0) is 93.2 Å². The Morgan fingerprint density at radius 3 is 1.66 bits per heavy atom. The zero-order valence-electron chi connectivity index (χ0n) is 31.6. The van der Waals surface area contributed by atoms with Crippen molar-refractivity contribution in [2.24, 2.45) is 11.8 Å². The van der Waals surface area contributed by atoms with Gasteiger partial charge >= 0.3 is 20.8 Å². The van der Waals surface area contributed by atoms with Crippen LogP contribution >= 0.6 is 0 Å². The molecule has 1 aromatic carbocycles. The molecule has 47 heavy (non-hydrogen) atoms. The first-order valence-corrected chi connectivity index (χ1v) is 17.3. The van der Waals surface area contributed by atoms with E-state index < -0.39 is 5.97 Å². The third-order valence-corrected chi connectivity index (χ3v) is 9.24. The minimum atomic E-state index is -0.875. The summed E-state index contributed by atoms with van der Waals surface area (Å²) < 4.78 is 22.5. The van der Waals surface area contributed by atoms with E-state index in [1.807, 2.05) is 34.6 Å². The van der Waals surface area contributed by atoms with E-state index in [-0.39, 0.29) is 36.9 Å². The van der Waals surface area contributed by atoms with Crippen molar-refractivity contribution in [3.8, 4) is 12.3 Å². The highest BCUT2D eigenvalue weighted by molar-refractivity contribution is 6.51. The second-order valence-corrected chi connectivity index (χ2v) is 14.6. The molecule has 3 rings (SSSR count). The Kier molecular flexibility index (Phi) is 22.6. The third kappa shape index (κ3) is 18.3. The van der Waals surface area contributed by atoms with Gasteiger partial charge in [0.1, 0.15) is 0 Å². The van der Waals surface area contributed by atoms with Crippen molar-refractivity contribution in [3.05, 3.63) is 47.4 Å². The van der Waals surface area contributed by atoms with Crippen molar-refractivity contribution in [1.82, 2.24) is 0 Å². The number of carboxylic acid groups (broad SMARTS) is 1. The quantitative estimate of drug-likeness (QED) is 0.145. The Hall–Kier alpha value is -2.04. The molecule has 0 bridgehead atoms. The number of hydrogen-bond acceptors (Lipinski definition) is 5. The molecule has 0 aromatic heterocycles. The second kappa shape index (κ2) is 22.6. The number of terminal acetylenes is 1. The highest BCUT2D eigenvalue weighted by atomic mass is 16.7. The molecule has 2 atom stereocenters. The molecular weight excluding hydrogens is 586 g/mol. The van der Waals surface area contributed by atoms with E-state index in [4.69, 9.17) is 30.1 Å². The summed E-state index contributed by atoms with van der Waals surface area (Å²) in [6, 6.07) is 6.75. The molecule has 6 nitrogen and oxygen atoms in total. The zero-order chi connectivity index (χ0) is 35.6. The molecule has 0 amide bonds. The van der Waals surface area contributed by atoms with Crippen LogP contribution < -0.4 is 0 Å². The van der Waals surface area contributed by atoms with Crippen LogP contribution in [0.3, 0.4) is 0 Å². The molecular formula is C39H70B2O6. The van der Waals surface area contributed by atoms with E-state index in [0.717, 1.165) is 5.56 Å². The number of unbranched alkanes of at least 4 members (excludes halogenated alkanes) is 4. The molecule has 2 aliphatic heterocycles. The minimum Gasteiger partial charge on any atom is -0.478 e. The van der Waals surface area contributed by atoms with Crippen molar-refractivity contribution >= 4 is 20.8 Å². The molecule has 0 aliphatic carbocycles. The number of carboxylic acids is 1. The van der Waals surface area contributed by atoms with Crippen molar-refractivity contribution < 1.29 is 28.5 Å². The molecule has 2 saturated heterocycles. The van der Waals surface area contributed by atoms with Crippen LogP contribution in [0.2, 0.25) is 0 Å². The highest BCUT2D eigenvalue weighted by Gasteiger charge is 2.50. The molecule has 0 radical (unpaired) electrons. The molecule has 2 fully saturated rings. The Morgan fingerprint density at radius 1 is 0.851 bits per heavy atom. The van der Waals surface area contributed by atoms with Gasteiger partial charge < -0.3 is 23.7 Å². The van der Waals surface area contributed by atoms with E-state index >= 15 is 0 Å². The summed E-state index contributed by atoms with van der Waals surface area (Å²) in [4.78, 5) is 10.3. The first kappa shape index (κ1) is 47.1. The Bertz CT molecular complexity index is 1030. The van der Waals surface area contributed by atoms with Gasteiger partial charge in [-0.25, -0.2) is 4.79 Å². The predicted octanol–water partition coefficient (Wildman–Crippen LogP) is 10.4. The summed E-state index contributed by atoms with van der Waals surface area (Å²) in [5.41, 5.74) is 0.691. The summed E-state index contributed by atoms with van der Waals surface area (Å²) in [6.07, 6.45) is 17.7. The maximum Gasteiger partial charge on any atom is 0.486 e. The summed E-state index contributed by atoms with van der Waals surface area (Å²) in [7, 11) is 0.239. The first-order chi connectivity index (χ1) is 21.2. The standard InChI is InChI=1S/C15H29BO2.C9H16.C8H8O2.C6H13BO2.CH4/c1-7-8-9-10-13(2)11-12-16-17-14(3,4)15(5,6)18-16;1-4-6-7-8-9(3)5-2;1-6-2-4-7(5-3-6)8(9)10;1-5(2)6(3,4)9-7-8-5;/h11-13H,7-10H2,1-6H3;2,9H,4,6-8H2,1,3H3;2-5H,1H3,(H,9,10);7H,1-4H3;1H4/b12-11+;;;;. The lowest BCUT2D eigenvalue weighted by Crippen LogP contribution is -2.41. The van der Waals surface area contributed by atoms with Crippen molar-refractivity contribution in [2.75, 3.05) is 0 Å². The topological polar surface area (TPSA) is 74.2 Å². The maximum atomic E-state index is 10.3. The van der Waals surface area contributed by atoms with Gasteiger partial charge in [-0.1, -0.05) is 103 Å². The van der Waals surface area contributed by atoms with Crippen LogP contribution in [0, 0.1) is 31.1 Å². The van der Waals surface area contributed by atoms with Crippen molar-refractivity contribution in [2.45, 2.75) is 171 Å². The van der Waals surface area contributed by atoms with Crippen molar-refractivity contribution in [1.29, 1.82) is 0 Å². The second-order valence-electron chi connectivity index (χ2n) is 14.6. The lowest BCUT2D eigenvalue weighted by atomic mass is 9.87. The SMILES string of the molecule is C.C#CC(C)CCCCC.CC1(C)OBOC1(C)C.CCCCCC(C)/C=C/B1OC(C)(C)C(C)(C)O1.Cc1ccc(C(=O)O)cc1. The van der Waals surface area contributed by atoms with Gasteiger partial charge in [-0.3, -0.25) is 0 Å². The lowest BCUT2D eigenvalue weighted by molar-refractivity contribution is 0.00578. The van der Waals surface area contributed by atoms with Gasteiger partial charge in [0, 0.05) is 5.92 Å². The Labute approximate surface area is 291 Å². The van der Waals surface area contributed by atoms with Gasteiger partial charge in [0.05, 0.1) is 28.0 Å². The molecule has 1 N–H and O–H groups in total. The van der Waals surface area contributed by atoms with Crippen LogP contribution in [0.4, 0.5) is 0 Å². The molecule has 268 valence electrons. The fourth-order valence-corrected chi connectivity index (χ4v) is 4.21. The smallest absolute Gasteiger partial charge is 0.478 e. The fourth-order valence-electron chi connectivity index (χ4n) is 4.21. The van der Waals surface area contributed by atoms with E-state index in [1.165, 1.54) is 51.4 Å². The summed E-state index contributed by atoms with van der Waals surface area (Å²) in [5, 5.41) is 8.48. The molecule has 1 aromatic rings. The van der Waals surface area contributed by atoms with Crippen LogP contribution in [0.15, 0.2) is 36.3 Å². The Balaban J connectivity index is 0.